The maximum atomic E-state index is 4.59. The molecule has 0 spiro atoms. The zero-order valence-electron chi connectivity index (χ0n) is 13.3. The molecule has 0 saturated carbocycles. The topological polar surface area (TPSA) is 30.7 Å². The predicted octanol–water partition coefficient (Wildman–Crippen LogP) is 4.94. The van der Waals surface area contributed by atoms with Gasteiger partial charge in [-0.1, -0.05) is 60.7 Å². The summed E-state index contributed by atoms with van der Waals surface area (Å²) in [6, 6.07) is 23.1. The summed E-state index contributed by atoms with van der Waals surface area (Å²) in [6.45, 7) is 0. The second-order valence-corrected chi connectivity index (χ2v) is 6.03. The Labute approximate surface area is 139 Å². The Hall–Kier alpha value is -3.20. The Morgan fingerprint density at radius 3 is 2.38 bits per heavy atom. The first-order valence-corrected chi connectivity index (χ1v) is 8.01. The molecule has 3 aromatic carbocycles. The van der Waals surface area contributed by atoms with Crippen LogP contribution in [0.4, 0.5) is 0 Å². The highest BCUT2D eigenvalue weighted by Gasteiger charge is 2.16. The van der Waals surface area contributed by atoms with Crippen molar-refractivity contribution in [3.05, 3.63) is 73.1 Å². The third kappa shape index (κ3) is 1.72. The van der Waals surface area contributed by atoms with Gasteiger partial charge in [-0.25, -0.2) is 9.97 Å². The molecule has 5 aromatic rings. The monoisotopic (exact) mass is 309 g/mol. The van der Waals surface area contributed by atoms with Crippen LogP contribution in [0.15, 0.2) is 73.1 Å². The molecule has 2 heterocycles. The molecule has 114 valence electrons. The fourth-order valence-corrected chi connectivity index (χ4v) is 3.62. The molecule has 0 N–H and O–H groups in total. The molecule has 0 amide bonds. The van der Waals surface area contributed by atoms with Crippen molar-refractivity contribution in [2.45, 2.75) is 0 Å². The van der Waals surface area contributed by atoms with Gasteiger partial charge in [0.05, 0.1) is 16.7 Å². The minimum Gasteiger partial charge on any atom is -0.340 e. The number of benzene rings is 3. The van der Waals surface area contributed by atoms with Crippen LogP contribution in [0.5, 0.6) is 0 Å². The molecular formula is C21H15N3. The molecule has 0 aliphatic heterocycles. The van der Waals surface area contributed by atoms with Gasteiger partial charge in [-0.3, -0.25) is 0 Å². The lowest BCUT2D eigenvalue weighted by atomic mass is 10.1. The first-order chi connectivity index (χ1) is 11.8. The zero-order chi connectivity index (χ0) is 16.1. The van der Waals surface area contributed by atoms with Crippen LogP contribution in [-0.4, -0.2) is 14.5 Å². The van der Waals surface area contributed by atoms with Gasteiger partial charge in [0.2, 0.25) is 0 Å². The van der Waals surface area contributed by atoms with E-state index in [4.69, 9.17) is 0 Å². The molecule has 0 bridgehead atoms. The Bertz CT molecular complexity index is 1200. The van der Waals surface area contributed by atoms with E-state index in [0.29, 0.717) is 0 Å². The zero-order valence-corrected chi connectivity index (χ0v) is 13.3. The highest BCUT2D eigenvalue weighted by atomic mass is 15.0. The summed E-state index contributed by atoms with van der Waals surface area (Å²) in [5.41, 5.74) is 5.38. The largest absolute Gasteiger partial charge is 0.340 e. The van der Waals surface area contributed by atoms with Crippen molar-refractivity contribution >= 4 is 32.7 Å². The van der Waals surface area contributed by atoms with E-state index in [1.54, 1.807) is 6.33 Å². The average Bonchev–Trinajstić information content (AvgIpc) is 2.96. The number of fused-ring (bicyclic) bond motifs is 5. The molecule has 0 fully saturated rings. The van der Waals surface area contributed by atoms with Gasteiger partial charge in [0, 0.05) is 23.4 Å². The maximum absolute atomic E-state index is 4.59. The number of aryl methyl sites for hydroxylation is 1. The molecule has 24 heavy (non-hydrogen) atoms. The summed E-state index contributed by atoms with van der Waals surface area (Å²) in [5, 5.41) is 3.66. The molecule has 0 radical (unpaired) electrons. The van der Waals surface area contributed by atoms with E-state index in [9.17, 15) is 0 Å². The van der Waals surface area contributed by atoms with Crippen molar-refractivity contribution in [3.8, 4) is 11.3 Å². The van der Waals surface area contributed by atoms with Crippen LogP contribution in [0.1, 0.15) is 0 Å². The molecule has 0 aliphatic rings. The quantitative estimate of drug-likeness (QED) is 0.439. The molecule has 0 unspecified atom stereocenters. The van der Waals surface area contributed by atoms with Crippen molar-refractivity contribution in [2.24, 2.45) is 7.05 Å². The SMILES string of the molecule is Cn1c2c(-c3ccccc3)ncnc2c2ccc3ccccc3c21. The highest BCUT2D eigenvalue weighted by Crippen LogP contribution is 2.35. The minimum absolute atomic E-state index is 0.975. The molecule has 5 rings (SSSR count). The molecule has 0 atom stereocenters. The van der Waals surface area contributed by atoms with Crippen molar-refractivity contribution in [1.82, 2.24) is 14.5 Å². The van der Waals surface area contributed by atoms with Gasteiger partial charge in [-0.15, -0.1) is 0 Å². The summed E-state index contributed by atoms with van der Waals surface area (Å²) in [6.07, 6.45) is 1.67. The molecular weight excluding hydrogens is 294 g/mol. The predicted molar refractivity (Wildman–Crippen MR) is 99.0 cm³/mol. The number of nitrogens with zero attached hydrogens (tertiary/aromatic N) is 3. The lowest BCUT2D eigenvalue weighted by Gasteiger charge is -2.06. The van der Waals surface area contributed by atoms with E-state index < -0.39 is 0 Å². The van der Waals surface area contributed by atoms with Gasteiger partial charge < -0.3 is 4.57 Å². The van der Waals surface area contributed by atoms with Crippen LogP contribution in [0.2, 0.25) is 0 Å². The second-order valence-electron chi connectivity index (χ2n) is 6.03. The second kappa shape index (κ2) is 4.90. The average molecular weight is 309 g/mol. The highest BCUT2D eigenvalue weighted by molar-refractivity contribution is 6.18. The van der Waals surface area contributed by atoms with Gasteiger partial charge in [-0.05, 0) is 11.5 Å². The van der Waals surface area contributed by atoms with Crippen LogP contribution in [-0.2, 0) is 7.05 Å². The normalized spacial score (nSPS) is 11.5. The Morgan fingerprint density at radius 2 is 1.50 bits per heavy atom. The Morgan fingerprint density at radius 1 is 0.708 bits per heavy atom. The van der Waals surface area contributed by atoms with E-state index in [1.807, 2.05) is 18.2 Å². The van der Waals surface area contributed by atoms with E-state index in [-0.39, 0.29) is 0 Å². The van der Waals surface area contributed by atoms with Gasteiger partial charge in [-0.2, -0.15) is 0 Å². The summed E-state index contributed by atoms with van der Waals surface area (Å²) in [7, 11) is 2.10. The first kappa shape index (κ1) is 13.3. The summed E-state index contributed by atoms with van der Waals surface area (Å²) in [5.74, 6) is 0. The fourth-order valence-electron chi connectivity index (χ4n) is 3.62. The number of rotatable bonds is 1. The van der Waals surface area contributed by atoms with Gasteiger partial charge in [0.15, 0.2) is 0 Å². The first-order valence-electron chi connectivity index (χ1n) is 8.01. The molecule has 3 nitrogen and oxygen atoms in total. The van der Waals surface area contributed by atoms with Crippen molar-refractivity contribution < 1.29 is 0 Å². The standard InChI is InChI=1S/C21H15N3/c1-24-20-16-10-6-5-7-14(16)11-12-17(20)19-21(24)18(22-13-23-19)15-8-3-2-4-9-15/h2-13H,1H3. The third-order valence-corrected chi connectivity index (χ3v) is 4.70. The molecule has 0 aliphatic carbocycles. The van der Waals surface area contributed by atoms with Crippen LogP contribution in [0, 0.1) is 0 Å². The van der Waals surface area contributed by atoms with E-state index in [2.05, 4.69) is 70.1 Å². The maximum Gasteiger partial charge on any atom is 0.116 e. The number of aromatic nitrogens is 3. The minimum atomic E-state index is 0.975. The summed E-state index contributed by atoms with van der Waals surface area (Å²) >= 11 is 0. The molecule has 0 saturated heterocycles. The summed E-state index contributed by atoms with van der Waals surface area (Å²) < 4.78 is 2.23. The Kier molecular flexibility index (Phi) is 2.71. The summed E-state index contributed by atoms with van der Waals surface area (Å²) in [4.78, 5) is 9.17. The lowest BCUT2D eigenvalue weighted by molar-refractivity contribution is 1.01. The Balaban J connectivity index is 2.01. The van der Waals surface area contributed by atoms with Crippen LogP contribution in [0.3, 0.4) is 0 Å². The van der Waals surface area contributed by atoms with Crippen molar-refractivity contribution in [3.63, 3.8) is 0 Å². The van der Waals surface area contributed by atoms with Gasteiger partial charge >= 0.3 is 0 Å². The van der Waals surface area contributed by atoms with Crippen molar-refractivity contribution in [1.29, 1.82) is 0 Å². The van der Waals surface area contributed by atoms with E-state index >= 15 is 0 Å². The van der Waals surface area contributed by atoms with Crippen LogP contribution < -0.4 is 0 Å². The lowest BCUT2D eigenvalue weighted by Crippen LogP contribution is -1.93. The molecule has 2 aromatic heterocycles. The van der Waals surface area contributed by atoms with E-state index in [1.165, 1.54) is 21.7 Å². The van der Waals surface area contributed by atoms with Crippen molar-refractivity contribution in [2.75, 3.05) is 0 Å². The smallest absolute Gasteiger partial charge is 0.116 e. The van der Waals surface area contributed by atoms with Crippen LogP contribution in [0.25, 0.3) is 44.0 Å². The molecule has 3 heteroatoms. The van der Waals surface area contributed by atoms with Gasteiger partial charge in [0.1, 0.15) is 11.8 Å². The van der Waals surface area contributed by atoms with Gasteiger partial charge in [0.25, 0.3) is 0 Å². The third-order valence-electron chi connectivity index (χ3n) is 4.70. The van der Waals surface area contributed by atoms with Crippen LogP contribution >= 0.6 is 0 Å². The number of hydrogen-bond acceptors (Lipinski definition) is 2. The van der Waals surface area contributed by atoms with E-state index in [0.717, 1.165) is 22.3 Å². The fraction of sp³-hybridized carbons (Fsp3) is 0.0476. The number of hydrogen-bond donors (Lipinski definition) is 0.